The van der Waals surface area contributed by atoms with Crippen molar-refractivity contribution in [3.8, 4) is 0 Å². The zero-order valence-electron chi connectivity index (χ0n) is 28.6. The molecule has 0 radical (unpaired) electrons. The summed E-state index contributed by atoms with van der Waals surface area (Å²) in [6.45, 7) is 26.5. The maximum Gasteiger partial charge on any atom is 0.126 e. The quantitative estimate of drug-likeness (QED) is 0.126. The summed E-state index contributed by atoms with van der Waals surface area (Å²) < 4.78 is 20.8. The molecule has 3 rings (SSSR count). The lowest BCUT2D eigenvalue weighted by Gasteiger charge is -2.38. The van der Waals surface area contributed by atoms with Crippen molar-refractivity contribution < 1.29 is 38.5 Å². The molecule has 4 unspecified atom stereocenters. The standard InChI is InChI=1S/C35H67N3O6/c1-7-17-37(19-11-12-20-37)25-30(39)27-42-32(29-44-35(5,6)33(41)24-36-15-9-10-16-36)23-34(3,4)43-28-31(40)26-38(18-8-2)21-13-14-22-38/h7-8,30-33,39-41H,1-2,9-29H2,3-6H3/q+2. The van der Waals surface area contributed by atoms with Crippen LogP contribution in [-0.2, 0) is 14.2 Å². The fourth-order valence-corrected chi connectivity index (χ4v) is 7.61. The van der Waals surface area contributed by atoms with Crippen LogP contribution in [0.25, 0.3) is 0 Å². The Bertz CT molecular complexity index is 849. The Kier molecular flexibility index (Phi) is 14.8. The predicted molar refractivity (Wildman–Crippen MR) is 176 cm³/mol. The van der Waals surface area contributed by atoms with Crippen molar-refractivity contribution in [2.24, 2.45) is 0 Å². The van der Waals surface area contributed by atoms with Gasteiger partial charge in [0.25, 0.3) is 0 Å². The van der Waals surface area contributed by atoms with Crippen molar-refractivity contribution in [2.75, 3.05) is 91.8 Å². The largest absolute Gasteiger partial charge is 0.389 e. The number of hydrogen-bond acceptors (Lipinski definition) is 7. The Balaban J connectivity index is 1.59. The molecule has 44 heavy (non-hydrogen) atoms. The molecule has 0 aliphatic carbocycles. The highest BCUT2D eigenvalue weighted by Gasteiger charge is 2.37. The lowest BCUT2D eigenvalue weighted by Crippen LogP contribution is -2.52. The average Bonchev–Trinajstić information content (AvgIpc) is 3.73. The van der Waals surface area contributed by atoms with E-state index in [9.17, 15) is 15.3 Å². The van der Waals surface area contributed by atoms with Crippen LogP contribution in [0.4, 0.5) is 0 Å². The normalized spacial score (nSPS) is 23.4. The number of likely N-dealkylation sites (tertiary alicyclic amines) is 3. The molecule has 9 nitrogen and oxygen atoms in total. The highest BCUT2D eigenvalue weighted by Crippen LogP contribution is 2.26. The van der Waals surface area contributed by atoms with Gasteiger partial charge in [0.05, 0.1) is 82.5 Å². The van der Waals surface area contributed by atoms with E-state index in [2.05, 4.69) is 18.1 Å². The van der Waals surface area contributed by atoms with E-state index in [0.29, 0.717) is 26.1 Å². The lowest BCUT2D eigenvalue weighted by atomic mass is 9.99. The number of hydrogen-bond donors (Lipinski definition) is 3. The van der Waals surface area contributed by atoms with Crippen LogP contribution in [0.5, 0.6) is 0 Å². The average molecular weight is 626 g/mol. The third-order valence-electron chi connectivity index (χ3n) is 10.2. The molecule has 3 fully saturated rings. The van der Waals surface area contributed by atoms with Gasteiger partial charge >= 0.3 is 0 Å². The third kappa shape index (κ3) is 12.0. The van der Waals surface area contributed by atoms with E-state index in [0.717, 1.165) is 61.3 Å². The van der Waals surface area contributed by atoms with E-state index in [-0.39, 0.29) is 25.9 Å². The zero-order chi connectivity index (χ0) is 32.3. The summed E-state index contributed by atoms with van der Waals surface area (Å²) in [4.78, 5) is 2.30. The van der Waals surface area contributed by atoms with Crippen molar-refractivity contribution in [3.05, 3.63) is 25.3 Å². The van der Waals surface area contributed by atoms with Gasteiger partial charge in [0, 0.05) is 38.6 Å². The summed E-state index contributed by atoms with van der Waals surface area (Å²) in [6, 6.07) is 0. The van der Waals surface area contributed by atoms with Crippen LogP contribution in [0.3, 0.4) is 0 Å². The molecule has 3 N–H and O–H groups in total. The van der Waals surface area contributed by atoms with E-state index in [1.54, 1.807) is 0 Å². The number of aliphatic hydroxyl groups excluding tert-OH is 3. The van der Waals surface area contributed by atoms with Gasteiger partial charge in [-0.15, -0.1) is 0 Å². The summed E-state index contributed by atoms with van der Waals surface area (Å²) in [5.41, 5.74) is -1.34. The van der Waals surface area contributed by atoms with Gasteiger partial charge in [-0.05, 0) is 65.8 Å². The number of rotatable bonds is 22. The highest BCUT2D eigenvalue weighted by molar-refractivity contribution is 4.85. The van der Waals surface area contributed by atoms with Crippen molar-refractivity contribution in [3.63, 3.8) is 0 Å². The number of β-amino-alcohol motifs (C(OH)–C–C–N with tert-alkyl or cyclic N) is 1. The molecule has 3 aliphatic heterocycles. The fraction of sp³-hybridized carbons (Fsp3) is 0.886. The minimum atomic E-state index is -0.753. The van der Waals surface area contributed by atoms with Gasteiger partial charge in [-0.25, -0.2) is 0 Å². The monoisotopic (exact) mass is 626 g/mol. The second-order valence-corrected chi connectivity index (χ2v) is 15.3. The summed E-state index contributed by atoms with van der Waals surface area (Å²) >= 11 is 0. The Morgan fingerprint density at radius 2 is 1.23 bits per heavy atom. The van der Waals surface area contributed by atoms with Crippen LogP contribution in [0.1, 0.15) is 72.6 Å². The summed E-state index contributed by atoms with van der Waals surface area (Å²) in [5.74, 6) is 0. The molecular weight excluding hydrogens is 558 g/mol. The van der Waals surface area contributed by atoms with Crippen LogP contribution >= 0.6 is 0 Å². The zero-order valence-corrected chi connectivity index (χ0v) is 28.6. The predicted octanol–water partition coefficient (Wildman–Crippen LogP) is 3.12. The van der Waals surface area contributed by atoms with Gasteiger partial charge in [-0.2, -0.15) is 0 Å². The Hall–Kier alpha value is -0.880. The summed E-state index contributed by atoms with van der Waals surface area (Å²) in [5, 5.41) is 33.1. The molecule has 3 saturated heterocycles. The molecule has 0 spiro atoms. The minimum absolute atomic E-state index is 0.211. The second-order valence-electron chi connectivity index (χ2n) is 15.3. The topological polar surface area (TPSA) is 91.6 Å². The molecule has 256 valence electrons. The molecule has 9 heteroatoms. The maximum atomic E-state index is 11.1. The number of ether oxygens (including phenoxy) is 3. The third-order valence-corrected chi connectivity index (χ3v) is 10.2. The smallest absolute Gasteiger partial charge is 0.126 e. The van der Waals surface area contributed by atoms with Gasteiger partial charge in [0.1, 0.15) is 25.3 Å². The first-order valence-corrected chi connectivity index (χ1v) is 17.4. The molecule has 3 heterocycles. The van der Waals surface area contributed by atoms with Crippen molar-refractivity contribution in [1.29, 1.82) is 0 Å². The number of aliphatic hydroxyl groups is 3. The van der Waals surface area contributed by atoms with E-state index < -0.39 is 29.5 Å². The van der Waals surface area contributed by atoms with Gasteiger partial charge < -0.3 is 43.4 Å². The highest BCUT2D eigenvalue weighted by atomic mass is 16.6. The van der Waals surface area contributed by atoms with Gasteiger partial charge in [0.2, 0.25) is 0 Å². The first-order valence-electron chi connectivity index (χ1n) is 17.4. The van der Waals surface area contributed by atoms with Crippen LogP contribution in [0.2, 0.25) is 0 Å². The van der Waals surface area contributed by atoms with Crippen LogP contribution < -0.4 is 0 Å². The van der Waals surface area contributed by atoms with E-state index in [1.807, 2.05) is 39.8 Å². The first kappa shape index (κ1) is 37.6. The molecule has 0 saturated carbocycles. The molecule has 3 aliphatic rings. The molecule has 0 bridgehead atoms. The van der Waals surface area contributed by atoms with Crippen molar-refractivity contribution >= 4 is 0 Å². The van der Waals surface area contributed by atoms with Crippen LogP contribution in [-0.4, -0.2) is 157 Å². The Morgan fingerprint density at radius 1 is 0.727 bits per heavy atom. The molecule has 0 amide bonds. The molecule has 0 aromatic heterocycles. The maximum absolute atomic E-state index is 11.1. The number of quaternary nitrogens is 2. The minimum Gasteiger partial charge on any atom is -0.389 e. The molecule has 0 aromatic carbocycles. The van der Waals surface area contributed by atoms with E-state index in [4.69, 9.17) is 14.2 Å². The van der Waals surface area contributed by atoms with Crippen LogP contribution in [0, 0.1) is 0 Å². The molecule has 4 atom stereocenters. The van der Waals surface area contributed by atoms with E-state index >= 15 is 0 Å². The Labute approximate surface area is 268 Å². The van der Waals surface area contributed by atoms with Gasteiger partial charge in [-0.3, -0.25) is 0 Å². The first-order chi connectivity index (χ1) is 20.8. The molecular formula is C35H67N3O6+2. The molecule has 0 aromatic rings. The van der Waals surface area contributed by atoms with Crippen LogP contribution in [0.15, 0.2) is 25.3 Å². The summed E-state index contributed by atoms with van der Waals surface area (Å²) in [6.07, 6.45) is 9.42. The second kappa shape index (κ2) is 17.3. The van der Waals surface area contributed by atoms with Crippen molar-refractivity contribution in [2.45, 2.75) is 108 Å². The fourth-order valence-electron chi connectivity index (χ4n) is 7.61. The summed E-state index contributed by atoms with van der Waals surface area (Å²) in [7, 11) is 0. The lowest BCUT2D eigenvalue weighted by molar-refractivity contribution is -0.914. The number of nitrogens with zero attached hydrogens (tertiary/aromatic N) is 3. The van der Waals surface area contributed by atoms with E-state index in [1.165, 1.54) is 38.5 Å². The van der Waals surface area contributed by atoms with Gasteiger partial charge in [0.15, 0.2) is 0 Å². The Morgan fingerprint density at radius 3 is 1.73 bits per heavy atom. The van der Waals surface area contributed by atoms with Crippen molar-refractivity contribution in [1.82, 2.24) is 4.90 Å². The van der Waals surface area contributed by atoms with Gasteiger partial charge in [-0.1, -0.05) is 13.2 Å². The SMILES string of the molecule is C=CC[N+]1(CC(O)COC(COC(C)(C)C(O)CN2CCCC2)CC(C)(C)OCC(O)C[N+]2(CC=C)CCCC2)CCCC1.